The Morgan fingerprint density at radius 1 is 1.15 bits per heavy atom. The number of hydrogen-bond donors (Lipinski definition) is 1. The summed E-state index contributed by atoms with van der Waals surface area (Å²) in [6.07, 6.45) is 6.09. The van der Waals surface area contributed by atoms with Crippen LogP contribution in [0.1, 0.15) is 44.6 Å². The number of rotatable bonds is 5. The van der Waals surface area contributed by atoms with Gasteiger partial charge in [-0.05, 0) is 44.2 Å². The average molecular weight is 470 g/mol. The Morgan fingerprint density at radius 2 is 2.00 bits per heavy atom. The third-order valence-electron chi connectivity index (χ3n) is 5.00. The second-order valence-corrected chi connectivity index (χ2v) is 6.81. The molecule has 3 rings (SSSR count). The first kappa shape index (κ1) is 21.0. The summed E-state index contributed by atoms with van der Waals surface area (Å²) in [6, 6.07) is 8.56. The number of carbonyl (C=O) groups is 1. The van der Waals surface area contributed by atoms with Gasteiger partial charge in [0.25, 0.3) is 0 Å². The van der Waals surface area contributed by atoms with Crippen molar-refractivity contribution in [3.05, 3.63) is 29.8 Å². The molecule has 1 aromatic carbocycles. The maximum Gasteiger partial charge on any atom is 0.222 e. The van der Waals surface area contributed by atoms with Gasteiger partial charge < -0.3 is 15.1 Å². The highest BCUT2D eigenvalue weighted by Crippen LogP contribution is 2.27. The third-order valence-corrected chi connectivity index (χ3v) is 5.00. The van der Waals surface area contributed by atoms with Crippen molar-refractivity contribution in [3.63, 3.8) is 0 Å². The predicted molar refractivity (Wildman–Crippen MR) is 119 cm³/mol. The molecule has 0 spiro atoms. The number of hydrogen-bond acceptors (Lipinski definition) is 2. The average Bonchev–Trinajstić information content (AvgIpc) is 2.95. The van der Waals surface area contributed by atoms with E-state index in [1.165, 1.54) is 17.7 Å². The summed E-state index contributed by atoms with van der Waals surface area (Å²) < 4.78 is 0. The molecule has 1 N–H and O–H groups in total. The molecule has 2 heterocycles. The van der Waals surface area contributed by atoms with Crippen molar-refractivity contribution < 1.29 is 4.79 Å². The minimum Gasteiger partial charge on any atom is -0.356 e. The second-order valence-electron chi connectivity index (χ2n) is 6.81. The van der Waals surface area contributed by atoms with Crippen molar-refractivity contribution in [1.29, 1.82) is 0 Å². The summed E-state index contributed by atoms with van der Waals surface area (Å²) in [6.45, 7) is 6.45. The normalized spacial score (nSPS) is 17.6. The molecule has 0 bridgehead atoms. The zero-order valence-corrected chi connectivity index (χ0v) is 18.1. The molecule has 0 aliphatic carbocycles. The molecular weight excluding hydrogens is 439 g/mol. The molecule has 0 radical (unpaired) electrons. The topological polar surface area (TPSA) is 47.9 Å². The van der Waals surface area contributed by atoms with Crippen LogP contribution in [0.15, 0.2) is 29.3 Å². The molecule has 1 aromatic rings. The van der Waals surface area contributed by atoms with Gasteiger partial charge in [-0.2, -0.15) is 0 Å². The van der Waals surface area contributed by atoms with E-state index in [4.69, 9.17) is 4.99 Å². The maximum absolute atomic E-state index is 12.1. The van der Waals surface area contributed by atoms with Crippen molar-refractivity contribution in [1.82, 2.24) is 10.2 Å². The van der Waals surface area contributed by atoms with E-state index in [-0.39, 0.29) is 24.0 Å². The molecule has 0 unspecified atom stereocenters. The molecule has 1 fully saturated rings. The first-order valence-electron chi connectivity index (χ1n) is 9.71. The van der Waals surface area contributed by atoms with Gasteiger partial charge in [-0.25, -0.2) is 0 Å². The number of fused-ring (bicyclic) bond motifs is 1. The van der Waals surface area contributed by atoms with Gasteiger partial charge in [0.1, 0.15) is 0 Å². The van der Waals surface area contributed by atoms with Gasteiger partial charge >= 0.3 is 0 Å². The molecule has 26 heavy (non-hydrogen) atoms. The zero-order chi connectivity index (χ0) is 17.5. The molecule has 0 aromatic heterocycles. The van der Waals surface area contributed by atoms with E-state index >= 15 is 0 Å². The number of aliphatic imine (C=N–C) groups is 1. The third kappa shape index (κ3) is 5.34. The Hall–Kier alpha value is -1.31. The molecule has 5 nitrogen and oxygen atoms in total. The standard InChI is InChI=1S/C20H30N4O.HI/c1-2-21-20(24-16-12-17-9-5-6-10-18(17)24)22-13-8-15-23-14-7-3-4-11-19(23)25;/h5-6,9-10H,2-4,7-8,11-16H2,1H3,(H,21,22);1H. The van der Waals surface area contributed by atoms with Crippen LogP contribution in [0.2, 0.25) is 0 Å². The van der Waals surface area contributed by atoms with E-state index in [1.54, 1.807) is 0 Å². The fraction of sp³-hybridized carbons (Fsp3) is 0.600. The second kappa shape index (κ2) is 10.7. The quantitative estimate of drug-likeness (QED) is 0.311. The van der Waals surface area contributed by atoms with Crippen LogP contribution >= 0.6 is 24.0 Å². The molecule has 6 heteroatoms. The number of carbonyl (C=O) groups excluding carboxylic acids is 1. The number of halogens is 1. The maximum atomic E-state index is 12.1. The Labute approximate surface area is 174 Å². The molecular formula is C20H31IN4O. The van der Waals surface area contributed by atoms with Gasteiger partial charge in [-0.15, -0.1) is 24.0 Å². The van der Waals surface area contributed by atoms with E-state index in [9.17, 15) is 4.79 Å². The number of benzene rings is 1. The fourth-order valence-electron chi connectivity index (χ4n) is 3.67. The lowest BCUT2D eigenvalue weighted by molar-refractivity contribution is -0.130. The predicted octanol–water partition coefficient (Wildman–Crippen LogP) is 3.43. The van der Waals surface area contributed by atoms with Gasteiger partial charge in [-0.1, -0.05) is 24.6 Å². The highest BCUT2D eigenvalue weighted by Gasteiger charge is 2.22. The summed E-state index contributed by atoms with van der Waals surface area (Å²) in [4.78, 5) is 21.2. The van der Waals surface area contributed by atoms with Gasteiger partial charge in [0, 0.05) is 44.8 Å². The fourth-order valence-corrected chi connectivity index (χ4v) is 3.67. The van der Waals surface area contributed by atoms with E-state index < -0.39 is 0 Å². The van der Waals surface area contributed by atoms with Crippen molar-refractivity contribution in [2.75, 3.05) is 37.6 Å². The molecule has 1 saturated heterocycles. The summed E-state index contributed by atoms with van der Waals surface area (Å²) in [5, 5.41) is 3.42. The summed E-state index contributed by atoms with van der Waals surface area (Å²) >= 11 is 0. The lowest BCUT2D eigenvalue weighted by Gasteiger charge is -2.23. The lowest BCUT2D eigenvalue weighted by atomic mass is 10.2. The van der Waals surface area contributed by atoms with Crippen LogP contribution in [0.3, 0.4) is 0 Å². The Morgan fingerprint density at radius 3 is 2.85 bits per heavy atom. The molecule has 1 amide bonds. The SMILES string of the molecule is CCNC(=NCCCN1CCCCCC1=O)N1CCc2ccccc21.I. The number of nitrogens with one attached hydrogen (secondary N) is 1. The first-order valence-corrected chi connectivity index (χ1v) is 9.71. The number of guanidine groups is 1. The number of nitrogens with zero attached hydrogens (tertiary/aromatic N) is 3. The van der Waals surface area contributed by atoms with Gasteiger partial charge in [0.15, 0.2) is 5.96 Å². The van der Waals surface area contributed by atoms with Crippen LogP contribution in [0, 0.1) is 0 Å². The van der Waals surface area contributed by atoms with Crippen molar-refractivity contribution in [3.8, 4) is 0 Å². The molecule has 0 atom stereocenters. The van der Waals surface area contributed by atoms with Crippen LogP contribution in [-0.2, 0) is 11.2 Å². The van der Waals surface area contributed by atoms with Crippen molar-refractivity contribution in [2.24, 2.45) is 4.99 Å². The van der Waals surface area contributed by atoms with Gasteiger partial charge in [0.05, 0.1) is 0 Å². The monoisotopic (exact) mass is 470 g/mol. The highest BCUT2D eigenvalue weighted by atomic mass is 127. The number of likely N-dealkylation sites (tertiary alicyclic amines) is 1. The lowest BCUT2D eigenvalue weighted by Crippen LogP contribution is -2.40. The highest BCUT2D eigenvalue weighted by molar-refractivity contribution is 14.0. The summed E-state index contributed by atoms with van der Waals surface area (Å²) in [5.41, 5.74) is 2.66. The van der Waals surface area contributed by atoms with Gasteiger partial charge in [0.2, 0.25) is 5.91 Å². The van der Waals surface area contributed by atoms with E-state index in [2.05, 4.69) is 41.4 Å². The first-order chi connectivity index (χ1) is 12.3. The Kier molecular flexibility index (Phi) is 8.68. The molecule has 144 valence electrons. The Balaban J connectivity index is 0.00000243. The van der Waals surface area contributed by atoms with E-state index in [0.717, 1.165) is 70.8 Å². The van der Waals surface area contributed by atoms with Crippen LogP contribution in [0.25, 0.3) is 0 Å². The minimum absolute atomic E-state index is 0. The zero-order valence-electron chi connectivity index (χ0n) is 15.7. The number of anilines is 1. The Bertz CT molecular complexity index is 620. The number of amides is 1. The smallest absolute Gasteiger partial charge is 0.222 e. The van der Waals surface area contributed by atoms with E-state index in [1.807, 2.05) is 4.90 Å². The molecule has 2 aliphatic heterocycles. The summed E-state index contributed by atoms with van der Waals surface area (Å²) in [5.74, 6) is 1.29. The van der Waals surface area contributed by atoms with E-state index in [0.29, 0.717) is 5.91 Å². The molecule has 2 aliphatic rings. The summed E-state index contributed by atoms with van der Waals surface area (Å²) in [7, 11) is 0. The largest absolute Gasteiger partial charge is 0.356 e. The molecule has 0 saturated carbocycles. The van der Waals surface area contributed by atoms with Crippen LogP contribution < -0.4 is 10.2 Å². The van der Waals surface area contributed by atoms with Crippen LogP contribution in [0.4, 0.5) is 5.69 Å². The minimum atomic E-state index is 0. The van der Waals surface area contributed by atoms with Crippen molar-refractivity contribution in [2.45, 2.75) is 45.4 Å². The van der Waals surface area contributed by atoms with Gasteiger partial charge in [-0.3, -0.25) is 9.79 Å². The van der Waals surface area contributed by atoms with Crippen LogP contribution in [-0.4, -0.2) is 49.5 Å². The van der Waals surface area contributed by atoms with Crippen molar-refractivity contribution >= 4 is 41.5 Å². The number of para-hydroxylation sites is 1. The van der Waals surface area contributed by atoms with Crippen LogP contribution in [0.5, 0.6) is 0 Å².